The van der Waals surface area contributed by atoms with Gasteiger partial charge in [0.2, 0.25) is 0 Å². The third kappa shape index (κ3) is 3.06. The predicted octanol–water partition coefficient (Wildman–Crippen LogP) is 4.45. The van der Waals surface area contributed by atoms with Gasteiger partial charge in [-0.2, -0.15) is 0 Å². The van der Waals surface area contributed by atoms with Crippen molar-refractivity contribution in [2.45, 2.75) is 20.8 Å². The zero-order valence-electron chi connectivity index (χ0n) is 9.01. The number of aliphatic hydroxyl groups is 1. The molecule has 1 rings (SSSR count). The van der Waals surface area contributed by atoms with Crippen LogP contribution in [0.2, 0.25) is 0 Å². The Morgan fingerprint density at radius 2 is 2.07 bits per heavy atom. The van der Waals surface area contributed by atoms with Crippen LogP contribution in [0.15, 0.2) is 22.7 Å². The minimum absolute atomic E-state index is 0.189. The highest BCUT2D eigenvalue weighted by molar-refractivity contribution is 9.10. The average Bonchev–Trinajstić information content (AvgIpc) is 2.12. The maximum absolute atomic E-state index is 13.3. The Hall–Kier alpha value is -0.830. The van der Waals surface area contributed by atoms with Crippen molar-refractivity contribution >= 4 is 21.7 Å². The molecule has 82 valence electrons. The molecule has 0 atom stereocenters. The highest BCUT2D eigenvalue weighted by Gasteiger charge is 2.08. The largest absolute Gasteiger partial charge is 0.508 e. The van der Waals surface area contributed by atoms with E-state index in [9.17, 15) is 9.50 Å². The van der Waals surface area contributed by atoms with Crippen LogP contribution >= 0.6 is 15.9 Å². The Morgan fingerprint density at radius 3 is 2.53 bits per heavy atom. The van der Waals surface area contributed by atoms with E-state index in [1.807, 2.05) is 13.8 Å². The van der Waals surface area contributed by atoms with E-state index in [1.165, 1.54) is 0 Å². The van der Waals surface area contributed by atoms with E-state index >= 15 is 0 Å². The number of aliphatic hydroxyl groups excluding tert-OH is 1. The first-order valence-electron chi connectivity index (χ1n) is 4.78. The first-order valence-corrected chi connectivity index (χ1v) is 5.58. The van der Waals surface area contributed by atoms with E-state index in [-0.39, 0.29) is 17.5 Å². The number of aryl methyl sites for hydroxylation is 1. The average molecular weight is 273 g/mol. The van der Waals surface area contributed by atoms with Crippen LogP contribution in [-0.2, 0) is 0 Å². The molecule has 0 aliphatic heterocycles. The molecule has 3 heteroatoms. The molecule has 0 amide bonds. The summed E-state index contributed by atoms with van der Waals surface area (Å²) in [7, 11) is 0. The quantitative estimate of drug-likeness (QED) is 0.789. The predicted molar refractivity (Wildman–Crippen MR) is 64.3 cm³/mol. The highest BCUT2D eigenvalue weighted by Crippen LogP contribution is 2.24. The van der Waals surface area contributed by atoms with Crippen molar-refractivity contribution in [2.24, 2.45) is 5.92 Å². The van der Waals surface area contributed by atoms with Gasteiger partial charge in [0, 0.05) is 5.56 Å². The Morgan fingerprint density at radius 1 is 1.47 bits per heavy atom. The molecule has 0 heterocycles. The van der Waals surface area contributed by atoms with Crippen molar-refractivity contribution in [1.29, 1.82) is 0 Å². The second kappa shape index (κ2) is 4.79. The number of allylic oxidation sites excluding steroid dienone is 1. The summed E-state index contributed by atoms with van der Waals surface area (Å²) in [6, 6.07) is 3.21. The minimum atomic E-state index is -0.281. The summed E-state index contributed by atoms with van der Waals surface area (Å²) in [5.41, 5.74) is 1.15. The summed E-state index contributed by atoms with van der Waals surface area (Å²) in [6.07, 6.45) is 1.74. The Bertz CT molecular complexity index is 374. The minimum Gasteiger partial charge on any atom is -0.508 e. The molecule has 0 aromatic heterocycles. The molecule has 1 aromatic carbocycles. The molecule has 0 spiro atoms. The summed E-state index contributed by atoms with van der Waals surface area (Å²) in [5, 5.41) is 9.75. The zero-order chi connectivity index (χ0) is 11.6. The zero-order valence-corrected chi connectivity index (χ0v) is 10.6. The van der Waals surface area contributed by atoms with E-state index in [2.05, 4.69) is 15.9 Å². The second-order valence-electron chi connectivity index (χ2n) is 3.88. The molecular formula is C12H14BrFO. The number of benzene rings is 1. The van der Waals surface area contributed by atoms with Crippen LogP contribution in [-0.4, -0.2) is 5.11 Å². The Kier molecular flexibility index (Phi) is 3.91. The Balaban J connectivity index is 3.17. The highest BCUT2D eigenvalue weighted by atomic mass is 79.9. The summed E-state index contributed by atoms with van der Waals surface area (Å²) in [5.74, 6) is 0.166. The third-order valence-electron chi connectivity index (χ3n) is 2.00. The molecule has 0 bridgehead atoms. The molecule has 0 aliphatic rings. The van der Waals surface area contributed by atoms with Crippen LogP contribution in [0, 0.1) is 18.7 Å². The van der Waals surface area contributed by atoms with Gasteiger partial charge in [-0.05, 0) is 52.5 Å². The fourth-order valence-corrected chi connectivity index (χ4v) is 1.85. The molecule has 1 aromatic rings. The van der Waals surface area contributed by atoms with Crippen molar-refractivity contribution in [3.8, 4) is 0 Å². The fraction of sp³-hybridized carbons (Fsp3) is 0.333. The summed E-state index contributed by atoms with van der Waals surface area (Å²) < 4.78 is 13.7. The first-order chi connectivity index (χ1) is 6.91. The summed E-state index contributed by atoms with van der Waals surface area (Å²) in [4.78, 5) is 0. The molecular weight excluding hydrogens is 259 g/mol. The van der Waals surface area contributed by atoms with Gasteiger partial charge in [0.25, 0.3) is 0 Å². The lowest BCUT2D eigenvalue weighted by atomic mass is 10.1. The monoisotopic (exact) mass is 272 g/mol. The summed E-state index contributed by atoms with van der Waals surface area (Å²) in [6.45, 7) is 5.62. The van der Waals surface area contributed by atoms with Crippen molar-refractivity contribution in [3.63, 3.8) is 0 Å². The van der Waals surface area contributed by atoms with E-state index in [0.717, 1.165) is 0 Å². The maximum atomic E-state index is 13.3. The van der Waals surface area contributed by atoms with Gasteiger partial charge < -0.3 is 5.11 Å². The third-order valence-corrected chi connectivity index (χ3v) is 2.57. The van der Waals surface area contributed by atoms with Crippen LogP contribution in [0.1, 0.15) is 25.0 Å². The van der Waals surface area contributed by atoms with Gasteiger partial charge >= 0.3 is 0 Å². The smallest absolute Gasteiger partial charge is 0.140 e. The van der Waals surface area contributed by atoms with E-state index < -0.39 is 0 Å². The van der Waals surface area contributed by atoms with Crippen molar-refractivity contribution in [3.05, 3.63) is 39.6 Å². The number of hydrogen-bond acceptors (Lipinski definition) is 1. The van der Waals surface area contributed by atoms with Gasteiger partial charge in [0.1, 0.15) is 11.6 Å². The number of hydrogen-bond donors (Lipinski definition) is 1. The van der Waals surface area contributed by atoms with Crippen LogP contribution < -0.4 is 0 Å². The second-order valence-corrected chi connectivity index (χ2v) is 4.74. The fourth-order valence-electron chi connectivity index (χ4n) is 1.29. The topological polar surface area (TPSA) is 20.2 Å². The van der Waals surface area contributed by atoms with Gasteiger partial charge in [0.05, 0.1) is 4.47 Å². The maximum Gasteiger partial charge on any atom is 0.140 e. The molecule has 15 heavy (non-hydrogen) atoms. The lowest BCUT2D eigenvalue weighted by molar-refractivity contribution is 0.505. The van der Waals surface area contributed by atoms with Crippen LogP contribution in [0.3, 0.4) is 0 Å². The molecule has 1 N–H and O–H groups in total. The standard InChI is InChI=1S/C12H14BrFO/c1-7(2)4-11(15)9-5-8(3)12(14)10(13)6-9/h4-7,15H,1-3H3/b11-4-. The van der Waals surface area contributed by atoms with Crippen LogP contribution in [0.4, 0.5) is 4.39 Å². The van der Waals surface area contributed by atoms with E-state index in [1.54, 1.807) is 25.1 Å². The van der Waals surface area contributed by atoms with Gasteiger partial charge in [-0.3, -0.25) is 0 Å². The van der Waals surface area contributed by atoms with Gasteiger partial charge in [-0.15, -0.1) is 0 Å². The van der Waals surface area contributed by atoms with Crippen LogP contribution in [0.25, 0.3) is 5.76 Å². The molecule has 0 fully saturated rings. The lowest BCUT2D eigenvalue weighted by Gasteiger charge is -2.06. The van der Waals surface area contributed by atoms with Gasteiger partial charge in [0.15, 0.2) is 0 Å². The van der Waals surface area contributed by atoms with E-state index in [4.69, 9.17) is 0 Å². The molecule has 0 unspecified atom stereocenters. The SMILES string of the molecule is Cc1cc(/C(O)=C/C(C)C)cc(Br)c1F. The molecule has 0 aliphatic carbocycles. The molecule has 0 radical (unpaired) electrons. The Labute approximate surface area is 97.8 Å². The number of rotatable bonds is 2. The van der Waals surface area contributed by atoms with Crippen LogP contribution in [0.5, 0.6) is 0 Å². The lowest BCUT2D eigenvalue weighted by Crippen LogP contribution is -1.92. The van der Waals surface area contributed by atoms with E-state index in [0.29, 0.717) is 15.6 Å². The van der Waals surface area contributed by atoms with Gasteiger partial charge in [-0.25, -0.2) is 4.39 Å². The van der Waals surface area contributed by atoms with Crippen molar-refractivity contribution in [1.82, 2.24) is 0 Å². The number of halogens is 2. The van der Waals surface area contributed by atoms with Gasteiger partial charge in [-0.1, -0.05) is 13.8 Å². The summed E-state index contributed by atoms with van der Waals surface area (Å²) >= 11 is 3.12. The first kappa shape index (κ1) is 12.2. The van der Waals surface area contributed by atoms with Crippen molar-refractivity contribution < 1.29 is 9.50 Å². The molecule has 0 saturated heterocycles. The normalized spacial score (nSPS) is 12.3. The molecule has 0 saturated carbocycles. The molecule has 1 nitrogen and oxygen atoms in total. The van der Waals surface area contributed by atoms with Crippen molar-refractivity contribution in [2.75, 3.05) is 0 Å².